The third-order valence-corrected chi connectivity index (χ3v) is 3.01. The van der Waals surface area contributed by atoms with E-state index in [1.165, 1.54) is 22.3 Å². The van der Waals surface area contributed by atoms with Gasteiger partial charge in [0.05, 0.1) is 0 Å². The smallest absolute Gasteiger partial charge is 0.223 e. The summed E-state index contributed by atoms with van der Waals surface area (Å²) in [5.74, 6) is 0.0946. The number of carbonyl (C=O) groups is 1. The maximum absolute atomic E-state index is 11.3. The number of allylic oxidation sites excluding steroid dienone is 1. The van der Waals surface area contributed by atoms with Gasteiger partial charge in [0.1, 0.15) is 0 Å². The van der Waals surface area contributed by atoms with Crippen LogP contribution in [-0.4, -0.2) is 13.0 Å². The lowest BCUT2D eigenvalue weighted by atomic mass is 10.1. The molecule has 78 valence electrons. The quantitative estimate of drug-likeness (QED) is 0.780. The van der Waals surface area contributed by atoms with Crippen LogP contribution in [0.1, 0.15) is 24.5 Å². The molecule has 2 heteroatoms. The topological polar surface area (TPSA) is 29.1 Å². The number of hydrogen-bond acceptors (Lipinski definition) is 1. The normalized spacial score (nSPS) is 14.0. The predicted molar refractivity (Wildman–Crippen MR) is 61.4 cm³/mol. The van der Waals surface area contributed by atoms with Crippen molar-refractivity contribution < 1.29 is 4.79 Å². The Labute approximate surface area is 90.0 Å². The third-order valence-electron chi connectivity index (χ3n) is 3.01. The Morgan fingerprint density at radius 2 is 2.13 bits per heavy atom. The van der Waals surface area contributed by atoms with Crippen LogP contribution >= 0.6 is 0 Å². The van der Waals surface area contributed by atoms with Gasteiger partial charge in [-0.1, -0.05) is 29.8 Å². The second kappa shape index (κ2) is 3.89. The first kappa shape index (κ1) is 9.97. The van der Waals surface area contributed by atoms with Gasteiger partial charge in [0.15, 0.2) is 0 Å². The molecule has 0 fully saturated rings. The van der Waals surface area contributed by atoms with Gasteiger partial charge in [0.2, 0.25) is 5.91 Å². The minimum atomic E-state index is 0.0946. The first-order chi connectivity index (χ1) is 7.22. The highest BCUT2D eigenvalue weighted by Gasteiger charge is 2.18. The predicted octanol–water partition coefficient (Wildman–Crippen LogP) is 2.15. The molecule has 0 atom stereocenters. The summed E-state index contributed by atoms with van der Waals surface area (Å²) in [6.07, 6.45) is 1.45. The molecule has 15 heavy (non-hydrogen) atoms. The van der Waals surface area contributed by atoms with Crippen molar-refractivity contribution in [3.05, 3.63) is 41.0 Å². The molecule has 0 saturated carbocycles. The first-order valence-corrected chi connectivity index (χ1v) is 5.20. The van der Waals surface area contributed by atoms with Crippen molar-refractivity contribution in [1.82, 2.24) is 5.32 Å². The molecule has 1 aliphatic carbocycles. The van der Waals surface area contributed by atoms with E-state index in [9.17, 15) is 4.79 Å². The average Bonchev–Trinajstić information content (AvgIpc) is 2.57. The highest BCUT2D eigenvalue weighted by atomic mass is 16.1. The lowest BCUT2D eigenvalue weighted by Gasteiger charge is -2.02. The summed E-state index contributed by atoms with van der Waals surface area (Å²) in [7, 11) is 1.68. The number of carbonyl (C=O) groups excluding carboxylic acids is 1. The van der Waals surface area contributed by atoms with Crippen molar-refractivity contribution in [2.24, 2.45) is 0 Å². The standard InChI is InChI=1S/C13H15NO/c1-9-11(8-13(15)14-2)7-10-5-3-4-6-12(9)10/h3-6H,7-8H2,1-2H3,(H,14,15). The van der Waals surface area contributed by atoms with E-state index in [4.69, 9.17) is 0 Å². The van der Waals surface area contributed by atoms with Gasteiger partial charge in [-0.2, -0.15) is 0 Å². The van der Waals surface area contributed by atoms with E-state index < -0.39 is 0 Å². The molecule has 1 aliphatic rings. The van der Waals surface area contributed by atoms with Crippen LogP contribution in [0, 0.1) is 0 Å². The molecule has 0 saturated heterocycles. The molecular weight excluding hydrogens is 186 g/mol. The summed E-state index contributed by atoms with van der Waals surface area (Å²) < 4.78 is 0. The van der Waals surface area contributed by atoms with Crippen molar-refractivity contribution in [2.45, 2.75) is 19.8 Å². The molecule has 1 aromatic carbocycles. The molecular formula is C13H15NO. The van der Waals surface area contributed by atoms with Crippen LogP contribution in [0.4, 0.5) is 0 Å². The largest absolute Gasteiger partial charge is 0.359 e. The second-order valence-electron chi connectivity index (χ2n) is 3.91. The molecule has 1 aromatic rings. The Hall–Kier alpha value is -1.57. The maximum Gasteiger partial charge on any atom is 0.223 e. The highest BCUT2D eigenvalue weighted by Crippen LogP contribution is 2.33. The van der Waals surface area contributed by atoms with Crippen molar-refractivity contribution in [1.29, 1.82) is 0 Å². The fraction of sp³-hybridized carbons (Fsp3) is 0.308. The van der Waals surface area contributed by atoms with Crippen molar-refractivity contribution in [3.63, 3.8) is 0 Å². The number of benzene rings is 1. The number of nitrogens with one attached hydrogen (secondary N) is 1. The van der Waals surface area contributed by atoms with Crippen molar-refractivity contribution in [3.8, 4) is 0 Å². The Balaban J connectivity index is 2.25. The van der Waals surface area contributed by atoms with Crippen molar-refractivity contribution >= 4 is 11.5 Å². The zero-order chi connectivity index (χ0) is 10.8. The second-order valence-corrected chi connectivity index (χ2v) is 3.91. The summed E-state index contributed by atoms with van der Waals surface area (Å²) in [4.78, 5) is 11.3. The van der Waals surface area contributed by atoms with Crippen molar-refractivity contribution in [2.75, 3.05) is 7.05 Å². The summed E-state index contributed by atoms with van der Waals surface area (Å²) in [5, 5.41) is 2.67. The zero-order valence-corrected chi connectivity index (χ0v) is 9.13. The number of rotatable bonds is 2. The van der Waals surface area contributed by atoms with E-state index in [-0.39, 0.29) is 5.91 Å². The molecule has 0 aliphatic heterocycles. The third kappa shape index (κ3) is 1.80. The van der Waals surface area contributed by atoms with E-state index in [1.54, 1.807) is 7.05 Å². The van der Waals surface area contributed by atoms with Crippen LogP contribution in [0.3, 0.4) is 0 Å². The van der Waals surface area contributed by atoms with Gasteiger partial charge in [0.25, 0.3) is 0 Å². The molecule has 1 amide bonds. The highest BCUT2D eigenvalue weighted by molar-refractivity contribution is 5.84. The lowest BCUT2D eigenvalue weighted by molar-refractivity contribution is -0.119. The van der Waals surface area contributed by atoms with Crippen LogP contribution in [0.5, 0.6) is 0 Å². The molecule has 2 rings (SSSR count). The number of fused-ring (bicyclic) bond motifs is 1. The van der Waals surface area contributed by atoms with Crippen LogP contribution in [0.25, 0.3) is 5.57 Å². The molecule has 1 N–H and O–H groups in total. The molecule has 0 heterocycles. The molecule has 0 bridgehead atoms. The monoisotopic (exact) mass is 201 g/mol. The minimum Gasteiger partial charge on any atom is -0.359 e. The Morgan fingerprint density at radius 3 is 2.80 bits per heavy atom. The summed E-state index contributed by atoms with van der Waals surface area (Å²) in [6.45, 7) is 2.10. The zero-order valence-electron chi connectivity index (χ0n) is 9.13. The fourth-order valence-corrected chi connectivity index (χ4v) is 2.07. The average molecular weight is 201 g/mol. The van der Waals surface area contributed by atoms with Gasteiger partial charge >= 0.3 is 0 Å². The van der Waals surface area contributed by atoms with Gasteiger partial charge in [0, 0.05) is 13.5 Å². The van der Waals surface area contributed by atoms with Crippen LogP contribution in [-0.2, 0) is 11.2 Å². The SMILES string of the molecule is CNC(=O)CC1=C(C)c2ccccc2C1. The van der Waals surface area contributed by atoms with E-state index >= 15 is 0 Å². The molecule has 0 unspecified atom stereocenters. The molecule has 0 spiro atoms. The summed E-state index contributed by atoms with van der Waals surface area (Å²) >= 11 is 0. The van der Waals surface area contributed by atoms with Gasteiger partial charge in [-0.3, -0.25) is 4.79 Å². The fourth-order valence-electron chi connectivity index (χ4n) is 2.07. The van der Waals surface area contributed by atoms with Gasteiger partial charge in [-0.15, -0.1) is 0 Å². The number of amides is 1. The molecule has 0 aromatic heterocycles. The van der Waals surface area contributed by atoms with Crippen LogP contribution < -0.4 is 5.32 Å². The maximum atomic E-state index is 11.3. The minimum absolute atomic E-state index is 0.0946. The molecule has 2 nitrogen and oxygen atoms in total. The molecule has 0 radical (unpaired) electrons. The van der Waals surface area contributed by atoms with Crippen LogP contribution in [0.2, 0.25) is 0 Å². The van der Waals surface area contributed by atoms with Crippen LogP contribution in [0.15, 0.2) is 29.8 Å². The Bertz CT molecular complexity index is 432. The van der Waals surface area contributed by atoms with E-state index in [0.29, 0.717) is 6.42 Å². The van der Waals surface area contributed by atoms with Gasteiger partial charge in [-0.25, -0.2) is 0 Å². The summed E-state index contributed by atoms with van der Waals surface area (Å²) in [6, 6.07) is 8.36. The first-order valence-electron chi connectivity index (χ1n) is 5.20. The van der Waals surface area contributed by atoms with E-state index in [0.717, 1.165) is 6.42 Å². The Kier molecular flexibility index (Phi) is 2.58. The Morgan fingerprint density at radius 1 is 1.40 bits per heavy atom. The summed E-state index contributed by atoms with van der Waals surface area (Å²) in [5.41, 5.74) is 5.16. The van der Waals surface area contributed by atoms with Gasteiger partial charge < -0.3 is 5.32 Å². The lowest BCUT2D eigenvalue weighted by Crippen LogP contribution is -2.18. The van der Waals surface area contributed by atoms with E-state index in [1.807, 2.05) is 6.07 Å². The number of hydrogen-bond donors (Lipinski definition) is 1. The van der Waals surface area contributed by atoms with E-state index in [2.05, 4.69) is 30.4 Å². The van der Waals surface area contributed by atoms with Gasteiger partial charge in [-0.05, 0) is 30.0 Å².